The lowest BCUT2D eigenvalue weighted by molar-refractivity contribution is 0.0947. The summed E-state index contributed by atoms with van der Waals surface area (Å²) in [5.74, 6) is 1.39. The molecule has 1 aliphatic heterocycles. The first-order chi connectivity index (χ1) is 17.0. The normalized spacial score (nSPS) is 12.6. The van der Waals surface area contributed by atoms with Gasteiger partial charge in [0.1, 0.15) is 12.4 Å². The number of benzene rings is 1. The highest BCUT2D eigenvalue weighted by atomic mass is 35.5. The van der Waals surface area contributed by atoms with Crippen molar-refractivity contribution in [1.29, 1.82) is 0 Å². The number of hydrogen-bond acceptors (Lipinski definition) is 7. The summed E-state index contributed by atoms with van der Waals surface area (Å²) in [6.45, 7) is 2.65. The Hall–Kier alpha value is -4.11. The van der Waals surface area contributed by atoms with E-state index in [0.717, 1.165) is 16.8 Å². The molecule has 3 aromatic heterocycles. The summed E-state index contributed by atoms with van der Waals surface area (Å²) >= 11 is 6.34. The highest BCUT2D eigenvalue weighted by molar-refractivity contribution is 6.32. The zero-order valence-electron chi connectivity index (χ0n) is 19.2. The average Bonchev–Trinajstić information content (AvgIpc) is 3.23. The zero-order valence-corrected chi connectivity index (χ0v) is 19.9. The SMILES string of the molecule is COc1c(Cl)cccc1Nc1c(-c2ccncc2OCc2ncc(C)cn2)[nH]c2c1C(=O)NCC2. The standard InChI is InChI=1S/C25H23ClN6O3/c1-14-10-29-20(30-11-14)13-35-19-12-27-8-6-15(19)22-23(21-17(31-22)7-9-28-25(21)33)32-18-5-3-4-16(26)24(18)34-2/h3-6,8,10-12,31-32H,7,9,13H2,1-2H3,(H,28,33). The van der Waals surface area contributed by atoms with Crippen molar-refractivity contribution >= 4 is 28.9 Å². The van der Waals surface area contributed by atoms with Gasteiger partial charge in [0.05, 0.1) is 41.0 Å². The number of aryl methyl sites for hydroxylation is 1. The van der Waals surface area contributed by atoms with Crippen LogP contribution in [0.15, 0.2) is 49.1 Å². The number of para-hydroxylation sites is 1. The molecule has 0 bridgehead atoms. The van der Waals surface area contributed by atoms with Crippen molar-refractivity contribution in [1.82, 2.24) is 25.3 Å². The van der Waals surface area contributed by atoms with Gasteiger partial charge in [-0.1, -0.05) is 17.7 Å². The van der Waals surface area contributed by atoms with E-state index in [0.29, 0.717) is 57.9 Å². The van der Waals surface area contributed by atoms with Crippen LogP contribution in [-0.4, -0.2) is 39.5 Å². The van der Waals surface area contributed by atoms with Gasteiger partial charge in [-0.25, -0.2) is 9.97 Å². The molecule has 3 N–H and O–H groups in total. The summed E-state index contributed by atoms with van der Waals surface area (Å²) in [4.78, 5) is 29.2. The third-order valence-electron chi connectivity index (χ3n) is 5.64. The van der Waals surface area contributed by atoms with Gasteiger partial charge >= 0.3 is 0 Å². The molecule has 0 radical (unpaired) electrons. The number of aromatic nitrogens is 4. The van der Waals surface area contributed by atoms with Crippen molar-refractivity contribution in [3.05, 3.63) is 76.7 Å². The summed E-state index contributed by atoms with van der Waals surface area (Å²) < 4.78 is 11.6. The molecular weight excluding hydrogens is 468 g/mol. The van der Waals surface area contributed by atoms with Gasteiger partial charge in [-0.2, -0.15) is 0 Å². The van der Waals surface area contributed by atoms with Gasteiger partial charge in [-0.3, -0.25) is 9.78 Å². The second-order valence-corrected chi connectivity index (χ2v) is 8.42. The number of nitrogens with zero attached hydrogens (tertiary/aromatic N) is 3. The van der Waals surface area contributed by atoms with E-state index in [1.807, 2.05) is 25.1 Å². The van der Waals surface area contributed by atoms with E-state index in [9.17, 15) is 4.79 Å². The molecule has 0 spiro atoms. The Kier molecular flexibility index (Phi) is 6.24. The van der Waals surface area contributed by atoms with Crippen molar-refractivity contribution in [2.45, 2.75) is 20.0 Å². The molecule has 0 aliphatic carbocycles. The predicted octanol–water partition coefficient (Wildman–Crippen LogP) is 4.45. The number of amides is 1. The van der Waals surface area contributed by atoms with Gasteiger partial charge in [0.15, 0.2) is 11.6 Å². The van der Waals surface area contributed by atoms with Crippen molar-refractivity contribution in [3.63, 3.8) is 0 Å². The quantitative estimate of drug-likeness (QED) is 0.350. The Bertz CT molecular complexity index is 1390. The molecule has 10 heteroatoms. The second kappa shape index (κ2) is 9.63. The third-order valence-corrected chi connectivity index (χ3v) is 5.94. The molecule has 9 nitrogen and oxygen atoms in total. The number of carbonyl (C=O) groups is 1. The number of methoxy groups -OCH3 is 1. The fourth-order valence-electron chi connectivity index (χ4n) is 3.99. The molecule has 5 rings (SSSR count). The van der Waals surface area contributed by atoms with Gasteiger partial charge in [0.25, 0.3) is 5.91 Å². The van der Waals surface area contributed by atoms with Crippen LogP contribution < -0.4 is 20.1 Å². The van der Waals surface area contributed by atoms with Crippen LogP contribution in [0.5, 0.6) is 11.5 Å². The van der Waals surface area contributed by atoms with Gasteiger partial charge in [0, 0.05) is 42.8 Å². The minimum absolute atomic E-state index is 0.165. The Morgan fingerprint density at radius 2 is 2.00 bits per heavy atom. The number of halogens is 1. The molecular formula is C25H23ClN6O3. The Morgan fingerprint density at radius 1 is 1.17 bits per heavy atom. The number of aromatic amines is 1. The van der Waals surface area contributed by atoms with Crippen molar-refractivity contribution in [2.24, 2.45) is 0 Å². The molecule has 178 valence electrons. The molecule has 4 heterocycles. The molecule has 0 unspecified atom stereocenters. The first-order valence-corrected chi connectivity index (χ1v) is 11.4. The number of hydrogen-bond donors (Lipinski definition) is 3. The van der Waals surface area contributed by atoms with Crippen LogP contribution in [0.4, 0.5) is 11.4 Å². The monoisotopic (exact) mass is 490 g/mol. The number of anilines is 2. The second-order valence-electron chi connectivity index (χ2n) is 8.02. The summed E-state index contributed by atoms with van der Waals surface area (Å²) in [5.41, 5.74) is 4.99. The molecule has 0 saturated carbocycles. The Balaban J connectivity index is 1.58. The smallest absolute Gasteiger partial charge is 0.255 e. The maximum Gasteiger partial charge on any atom is 0.255 e. The number of rotatable bonds is 7. The molecule has 0 atom stereocenters. The maximum absolute atomic E-state index is 12.9. The van der Waals surface area contributed by atoms with Crippen molar-refractivity contribution in [3.8, 4) is 22.8 Å². The summed E-state index contributed by atoms with van der Waals surface area (Å²) in [6, 6.07) is 7.23. The average molecular weight is 491 g/mol. The van der Waals surface area contributed by atoms with Gasteiger partial charge < -0.3 is 25.1 Å². The number of H-pyrrole nitrogens is 1. The minimum atomic E-state index is -0.165. The lowest BCUT2D eigenvalue weighted by Crippen LogP contribution is -2.31. The highest BCUT2D eigenvalue weighted by Gasteiger charge is 2.28. The first-order valence-electron chi connectivity index (χ1n) is 11.0. The number of carbonyl (C=O) groups excluding carboxylic acids is 1. The summed E-state index contributed by atoms with van der Waals surface area (Å²) in [6.07, 6.45) is 7.46. The highest BCUT2D eigenvalue weighted by Crippen LogP contribution is 2.42. The zero-order chi connectivity index (χ0) is 24.4. The van der Waals surface area contributed by atoms with Crippen LogP contribution in [-0.2, 0) is 13.0 Å². The lowest BCUT2D eigenvalue weighted by Gasteiger charge is -2.17. The van der Waals surface area contributed by atoms with E-state index in [1.54, 1.807) is 38.0 Å². The minimum Gasteiger partial charge on any atom is -0.493 e. The summed E-state index contributed by atoms with van der Waals surface area (Å²) in [5, 5.41) is 6.75. The van der Waals surface area contributed by atoms with E-state index in [2.05, 4.69) is 30.6 Å². The molecule has 1 aromatic carbocycles. The van der Waals surface area contributed by atoms with Gasteiger partial charge in [-0.15, -0.1) is 0 Å². The fourth-order valence-corrected chi connectivity index (χ4v) is 4.25. The fraction of sp³-hybridized carbons (Fsp3) is 0.200. The lowest BCUT2D eigenvalue weighted by atomic mass is 10.0. The summed E-state index contributed by atoms with van der Waals surface area (Å²) in [7, 11) is 1.55. The van der Waals surface area contributed by atoms with Crippen LogP contribution in [0, 0.1) is 6.92 Å². The molecule has 0 saturated heterocycles. The predicted molar refractivity (Wildman–Crippen MR) is 132 cm³/mol. The Labute approximate surface area is 206 Å². The van der Waals surface area contributed by atoms with E-state index in [1.165, 1.54) is 0 Å². The third kappa shape index (κ3) is 4.50. The van der Waals surface area contributed by atoms with Crippen molar-refractivity contribution in [2.75, 3.05) is 19.0 Å². The van der Waals surface area contributed by atoms with Crippen LogP contribution >= 0.6 is 11.6 Å². The largest absolute Gasteiger partial charge is 0.493 e. The van der Waals surface area contributed by atoms with E-state index < -0.39 is 0 Å². The van der Waals surface area contributed by atoms with Crippen LogP contribution in [0.1, 0.15) is 27.4 Å². The van der Waals surface area contributed by atoms with E-state index in [-0.39, 0.29) is 12.5 Å². The number of nitrogens with one attached hydrogen (secondary N) is 3. The molecule has 4 aromatic rings. The van der Waals surface area contributed by atoms with Gasteiger partial charge in [-0.05, 0) is 30.7 Å². The number of fused-ring (bicyclic) bond motifs is 1. The van der Waals surface area contributed by atoms with Crippen LogP contribution in [0.3, 0.4) is 0 Å². The van der Waals surface area contributed by atoms with Crippen LogP contribution in [0.2, 0.25) is 5.02 Å². The molecule has 1 amide bonds. The topological polar surface area (TPSA) is 114 Å². The molecule has 35 heavy (non-hydrogen) atoms. The van der Waals surface area contributed by atoms with E-state index >= 15 is 0 Å². The van der Waals surface area contributed by atoms with Crippen LogP contribution in [0.25, 0.3) is 11.3 Å². The molecule has 0 fully saturated rings. The number of pyridine rings is 1. The molecule has 1 aliphatic rings. The number of ether oxygens (including phenoxy) is 2. The van der Waals surface area contributed by atoms with E-state index in [4.69, 9.17) is 21.1 Å². The van der Waals surface area contributed by atoms with Gasteiger partial charge in [0.2, 0.25) is 0 Å². The first kappa shape index (κ1) is 22.7. The van der Waals surface area contributed by atoms with Crippen molar-refractivity contribution < 1.29 is 14.3 Å². The maximum atomic E-state index is 12.9. The Morgan fingerprint density at radius 3 is 2.80 bits per heavy atom.